The molecule has 0 aliphatic rings. The molecular formula is C20H23ClFNO4S. The summed E-state index contributed by atoms with van der Waals surface area (Å²) >= 11 is 5.95. The zero-order valence-corrected chi connectivity index (χ0v) is 17.5. The van der Waals surface area contributed by atoms with Gasteiger partial charge in [0.15, 0.2) is 0 Å². The van der Waals surface area contributed by atoms with Crippen LogP contribution in [0.1, 0.15) is 26.3 Å². The molecule has 152 valence electrons. The zero-order chi connectivity index (χ0) is 20.9. The number of carbonyl (C=O) groups excluding carboxylic acids is 1. The van der Waals surface area contributed by atoms with Crippen molar-refractivity contribution in [2.75, 3.05) is 6.54 Å². The normalized spacial score (nSPS) is 12.6. The average molecular weight is 428 g/mol. The van der Waals surface area contributed by atoms with Crippen LogP contribution >= 0.6 is 11.6 Å². The molecule has 2 aromatic rings. The Hall–Kier alpha value is -2.12. The van der Waals surface area contributed by atoms with Crippen molar-refractivity contribution < 1.29 is 21.8 Å². The van der Waals surface area contributed by atoms with Crippen molar-refractivity contribution in [2.24, 2.45) is 5.92 Å². The van der Waals surface area contributed by atoms with E-state index >= 15 is 0 Å². The van der Waals surface area contributed by atoms with Gasteiger partial charge in [-0.05, 0) is 54.8 Å². The fourth-order valence-corrected chi connectivity index (χ4v) is 3.68. The summed E-state index contributed by atoms with van der Waals surface area (Å²) < 4.78 is 42.9. The van der Waals surface area contributed by atoms with E-state index < -0.39 is 21.3 Å². The minimum absolute atomic E-state index is 0.109. The highest BCUT2D eigenvalue weighted by atomic mass is 35.5. The van der Waals surface area contributed by atoms with Crippen molar-refractivity contribution in [1.82, 2.24) is 4.90 Å². The predicted molar refractivity (Wildman–Crippen MR) is 106 cm³/mol. The summed E-state index contributed by atoms with van der Waals surface area (Å²) in [5.74, 6) is -0.375. The predicted octanol–water partition coefficient (Wildman–Crippen LogP) is 4.21. The second-order valence-electron chi connectivity index (χ2n) is 6.87. The van der Waals surface area contributed by atoms with E-state index in [0.29, 0.717) is 12.1 Å². The molecule has 0 fully saturated rings. The lowest BCUT2D eigenvalue weighted by molar-refractivity contribution is -0.131. The Morgan fingerprint density at radius 3 is 2.36 bits per heavy atom. The highest BCUT2D eigenvalue weighted by molar-refractivity contribution is 7.87. The van der Waals surface area contributed by atoms with E-state index in [-0.39, 0.29) is 29.0 Å². The van der Waals surface area contributed by atoms with Crippen LogP contribution in [0.5, 0.6) is 5.75 Å². The van der Waals surface area contributed by atoms with Crippen LogP contribution in [0.15, 0.2) is 53.4 Å². The van der Waals surface area contributed by atoms with Crippen LogP contribution in [0.25, 0.3) is 0 Å². The standard InChI is InChI=1S/C20H23ClFNO4S/c1-14(2)12-23(20(24)15(3)21)13-16-5-4-6-18(11-16)27-28(25,26)19-9-7-17(22)8-10-19/h4-11,14-15H,12-13H2,1-3H3/t15-/m1/s1. The number of carbonyl (C=O) groups is 1. The molecule has 0 radical (unpaired) electrons. The molecule has 1 amide bonds. The lowest BCUT2D eigenvalue weighted by Gasteiger charge is -2.26. The molecule has 2 aromatic carbocycles. The first-order chi connectivity index (χ1) is 13.1. The van der Waals surface area contributed by atoms with E-state index in [4.69, 9.17) is 15.8 Å². The van der Waals surface area contributed by atoms with Gasteiger partial charge in [0.25, 0.3) is 0 Å². The molecule has 1 atom stereocenters. The maximum atomic E-state index is 13.0. The first kappa shape index (κ1) is 22.2. The van der Waals surface area contributed by atoms with Crippen LogP contribution in [0.3, 0.4) is 0 Å². The van der Waals surface area contributed by atoms with E-state index in [1.165, 1.54) is 6.07 Å². The highest BCUT2D eigenvalue weighted by Crippen LogP contribution is 2.21. The third-order valence-corrected chi connectivity index (χ3v) is 5.27. The second-order valence-corrected chi connectivity index (χ2v) is 9.07. The molecule has 0 unspecified atom stereocenters. The summed E-state index contributed by atoms with van der Waals surface area (Å²) in [5, 5.41) is -0.656. The Bertz CT molecular complexity index is 914. The molecule has 8 heteroatoms. The van der Waals surface area contributed by atoms with Crippen molar-refractivity contribution in [3.05, 3.63) is 59.9 Å². The van der Waals surface area contributed by atoms with Crippen LogP contribution < -0.4 is 4.18 Å². The summed E-state index contributed by atoms with van der Waals surface area (Å²) in [5.41, 5.74) is 0.707. The minimum Gasteiger partial charge on any atom is -0.379 e. The van der Waals surface area contributed by atoms with Gasteiger partial charge in [0.1, 0.15) is 21.8 Å². The summed E-state index contributed by atoms with van der Waals surface area (Å²) in [6.07, 6.45) is 0. The summed E-state index contributed by atoms with van der Waals surface area (Å²) in [7, 11) is -4.09. The quantitative estimate of drug-likeness (QED) is 0.467. The summed E-state index contributed by atoms with van der Waals surface area (Å²) in [4.78, 5) is 13.8. The molecule has 0 heterocycles. The molecule has 0 aliphatic carbocycles. The second kappa shape index (κ2) is 9.39. The number of hydrogen-bond acceptors (Lipinski definition) is 4. The van der Waals surface area contributed by atoms with Crippen molar-refractivity contribution in [3.63, 3.8) is 0 Å². The molecule has 0 N–H and O–H groups in total. The van der Waals surface area contributed by atoms with Gasteiger partial charge in [-0.2, -0.15) is 8.42 Å². The maximum Gasteiger partial charge on any atom is 0.339 e. The Morgan fingerprint density at radius 2 is 1.79 bits per heavy atom. The molecule has 0 aliphatic heterocycles. The van der Waals surface area contributed by atoms with Gasteiger partial charge in [0.2, 0.25) is 5.91 Å². The molecule has 2 rings (SSSR count). The van der Waals surface area contributed by atoms with Crippen LogP contribution in [0.2, 0.25) is 0 Å². The average Bonchev–Trinajstić information content (AvgIpc) is 2.60. The van der Waals surface area contributed by atoms with Gasteiger partial charge in [-0.25, -0.2) is 4.39 Å². The third-order valence-electron chi connectivity index (χ3n) is 3.82. The number of amides is 1. The fourth-order valence-electron chi connectivity index (χ4n) is 2.62. The van der Waals surface area contributed by atoms with Crippen molar-refractivity contribution in [1.29, 1.82) is 0 Å². The third kappa shape index (κ3) is 6.21. The molecule has 0 aromatic heterocycles. The Balaban J connectivity index is 2.20. The number of benzene rings is 2. The van der Waals surface area contributed by atoms with E-state index in [9.17, 15) is 17.6 Å². The Kier molecular flexibility index (Phi) is 7.43. The molecule has 0 spiro atoms. The number of alkyl halides is 1. The van der Waals surface area contributed by atoms with Gasteiger partial charge in [0.05, 0.1) is 0 Å². The molecule has 5 nitrogen and oxygen atoms in total. The Labute approximate surface area is 170 Å². The first-order valence-electron chi connectivity index (χ1n) is 8.80. The summed E-state index contributed by atoms with van der Waals surface area (Å²) in [6, 6.07) is 10.9. The van der Waals surface area contributed by atoms with E-state index in [0.717, 1.165) is 24.3 Å². The number of rotatable bonds is 8. The number of nitrogens with zero attached hydrogens (tertiary/aromatic N) is 1. The van der Waals surface area contributed by atoms with E-state index in [2.05, 4.69) is 0 Å². The van der Waals surface area contributed by atoms with E-state index in [1.54, 1.807) is 30.0 Å². The molecule has 28 heavy (non-hydrogen) atoms. The van der Waals surface area contributed by atoms with E-state index in [1.807, 2.05) is 13.8 Å². The monoisotopic (exact) mass is 427 g/mol. The topological polar surface area (TPSA) is 63.7 Å². The van der Waals surface area contributed by atoms with Gasteiger partial charge in [-0.15, -0.1) is 11.6 Å². The highest BCUT2D eigenvalue weighted by Gasteiger charge is 2.21. The zero-order valence-electron chi connectivity index (χ0n) is 15.9. The lowest BCUT2D eigenvalue weighted by atomic mass is 10.1. The van der Waals surface area contributed by atoms with Crippen LogP contribution in [0.4, 0.5) is 4.39 Å². The van der Waals surface area contributed by atoms with Crippen LogP contribution in [-0.4, -0.2) is 31.1 Å². The lowest BCUT2D eigenvalue weighted by Crippen LogP contribution is -2.37. The van der Waals surface area contributed by atoms with Gasteiger partial charge >= 0.3 is 10.1 Å². The van der Waals surface area contributed by atoms with Gasteiger partial charge in [0, 0.05) is 13.1 Å². The maximum absolute atomic E-state index is 13.0. The Morgan fingerprint density at radius 1 is 1.14 bits per heavy atom. The van der Waals surface area contributed by atoms with Crippen molar-refractivity contribution in [3.8, 4) is 5.75 Å². The smallest absolute Gasteiger partial charge is 0.339 e. The number of halogens is 2. The summed E-state index contributed by atoms with van der Waals surface area (Å²) in [6.45, 7) is 6.41. The van der Waals surface area contributed by atoms with Crippen molar-refractivity contribution >= 4 is 27.6 Å². The van der Waals surface area contributed by atoms with Crippen molar-refractivity contribution in [2.45, 2.75) is 37.6 Å². The first-order valence-corrected chi connectivity index (χ1v) is 10.6. The van der Waals surface area contributed by atoms with Crippen LogP contribution in [-0.2, 0) is 21.5 Å². The molecule has 0 saturated carbocycles. The largest absolute Gasteiger partial charge is 0.379 e. The SMILES string of the molecule is CC(C)CN(Cc1cccc(OS(=O)(=O)c2ccc(F)cc2)c1)C(=O)[C@@H](C)Cl. The van der Waals surface area contributed by atoms with Crippen LogP contribution in [0, 0.1) is 11.7 Å². The molecule has 0 saturated heterocycles. The van der Waals surface area contributed by atoms with Gasteiger partial charge in [-0.1, -0.05) is 26.0 Å². The number of hydrogen-bond donors (Lipinski definition) is 0. The molecule has 0 bridgehead atoms. The fraction of sp³-hybridized carbons (Fsp3) is 0.350. The van der Waals surface area contributed by atoms with Gasteiger partial charge in [-0.3, -0.25) is 4.79 Å². The molecular weight excluding hydrogens is 405 g/mol. The minimum atomic E-state index is -4.09. The van der Waals surface area contributed by atoms with Gasteiger partial charge < -0.3 is 9.08 Å².